The van der Waals surface area contributed by atoms with Crippen molar-refractivity contribution in [3.8, 4) is 22.6 Å². The minimum atomic E-state index is -0.0344. The highest BCUT2D eigenvalue weighted by Crippen LogP contribution is 2.31. The smallest absolute Gasteiger partial charge is 0.271 e. The lowest BCUT2D eigenvalue weighted by Crippen LogP contribution is -2.39. The molecule has 6 rings (SSSR count). The van der Waals surface area contributed by atoms with E-state index in [1.807, 2.05) is 29.4 Å². The molecule has 0 spiro atoms. The van der Waals surface area contributed by atoms with E-state index in [1.165, 1.54) is 11.1 Å². The van der Waals surface area contributed by atoms with Crippen LogP contribution in [0.3, 0.4) is 0 Å². The summed E-state index contributed by atoms with van der Waals surface area (Å²) in [6.07, 6.45) is 11.7. The summed E-state index contributed by atoms with van der Waals surface area (Å²) in [5, 5.41) is 12.0. The van der Waals surface area contributed by atoms with Gasteiger partial charge in [-0.2, -0.15) is 5.10 Å². The molecular weight excluding hydrogens is 502 g/mol. The number of fused-ring (bicyclic) bond motifs is 1. The topological polar surface area (TPSA) is 128 Å². The molecule has 0 saturated carbocycles. The van der Waals surface area contributed by atoms with Crippen LogP contribution in [0.5, 0.6) is 0 Å². The van der Waals surface area contributed by atoms with E-state index in [0.29, 0.717) is 36.2 Å². The largest absolute Gasteiger partial charge is 0.337 e. The van der Waals surface area contributed by atoms with Gasteiger partial charge in [-0.15, -0.1) is 0 Å². The molecule has 1 aliphatic heterocycles. The highest BCUT2D eigenvalue weighted by molar-refractivity contribution is 5.96. The Balaban J connectivity index is 1.18. The third-order valence-corrected chi connectivity index (χ3v) is 7.78. The number of imidazole rings is 1. The summed E-state index contributed by atoms with van der Waals surface area (Å²) in [6.45, 7) is 7.33. The molecular formula is C30H33N9O. The number of nitrogens with one attached hydrogen (secondary N) is 3. The third kappa shape index (κ3) is 5.22. The van der Waals surface area contributed by atoms with E-state index in [0.717, 1.165) is 60.2 Å². The van der Waals surface area contributed by atoms with E-state index in [4.69, 9.17) is 0 Å². The van der Waals surface area contributed by atoms with Crippen LogP contribution in [-0.4, -0.2) is 65.6 Å². The highest BCUT2D eigenvalue weighted by atomic mass is 16.2. The van der Waals surface area contributed by atoms with Gasteiger partial charge in [0.2, 0.25) is 0 Å². The zero-order valence-corrected chi connectivity index (χ0v) is 22.8. The summed E-state index contributed by atoms with van der Waals surface area (Å²) >= 11 is 0. The molecule has 1 saturated heterocycles. The number of hydrogen-bond acceptors (Lipinski definition) is 7. The number of H-pyrrole nitrogens is 2. The van der Waals surface area contributed by atoms with E-state index in [2.05, 4.69) is 66.4 Å². The lowest BCUT2D eigenvalue weighted by molar-refractivity contribution is 0.0684. The minimum absolute atomic E-state index is 0.0344. The van der Waals surface area contributed by atoms with Crippen molar-refractivity contribution in [2.45, 2.75) is 39.7 Å². The van der Waals surface area contributed by atoms with Crippen molar-refractivity contribution in [1.29, 1.82) is 0 Å². The SMILES string of the molecule is CCNCc1cncc(-c2ccc3[nH]nc(-c4ncc(C(=O)N5CCC(Cc6ncccn6)CC5)[nH]4)c3c2)c1C. The number of aromatic nitrogens is 7. The van der Waals surface area contributed by atoms with Crippen LogP contribution in [0.15, 0.2) is 55.2 Å². The summed E-state index contributed by atoms with van der Waals surface area (Å²) in [7, 11) is 0. The number of piperidine rings is 1. The van der Waals surface area contributed by atoms with Crippen LogP contribution >= 0.6 is 0 Å². The maximum atomic E-state index is 13.3. The van der Waals surface area contributed by atoms with Crippen molar-refractivity contribution in [3.63, 3.8) is 0 Å². The quantitative estimate of drug-likeness (QED) is 0.270. The second-order valence-electron chi connectivity index (χ2n) is 10.3. The fourth-order valence-electron chi connectivity index (χ4n) is 5.41. The van der Waals surface area contributed by atoms with Gasteiger partial charge in [0.25, 0.3) is 5.91 Å². The lowest BCUT2D eigenvalue weighted by atomic mass is 9.93. The van der Waals surface area contributed by atoms with Gasteiger partial charge in [-0.3, -0.25) is 14.9 Å². The molecule has 4 aromatic heterocycles. The first-order valence-electron chi connectivity index (χ1n) is 13.8. The van der Waals surface area contributed by atoms with E-state index in [-0.39, 0.29) is 5.91 Å². The summed E-state index contributed by atoms with van der Waals surface area (Å²) in [5.41, 5.74) is 6.59. The standard InChI is InChI=1S/C30H33N9O/c1-3-31-15-22-16-32-17-24(19(22)2)21-5-6-25-23(14-21)28(38-37-25)29-35-18-26(36-29)30(40)39-11-7-20(8-12-39)13-27-33-9-4-10-34-27/h4-6,9-10,14,16-18,20,31H,3,7-8,11-13,15H2,1-2H3,(H,35,36)(H,37,38). The van der Waals surface area contributed by atoms with Crippen LogP contribution in [0.4, 0.5) is 0 Å². The van der Waals surface area contributed by atoms with Gasteiger partial charge in [0.05, 0.1) is 11.7 Å². The molecule has 10 heteroatoms. The monoisotopic (exact) mass is 535 g/mol. The average molecular weight is 536 g/mol. The number of amides is 1. The second kappa shape index (κ2) is 11.4. The van der Waals surface area contributed by atoms with Crippen molar-refractivity contribution in [3.05, 3.63) is 77.9 Å². The summed E-state index contributed by atoms with van der Waals surface area (Å²) < 4.78 is 0. The first-order chi connectivity index (χ1) is 19.6. The molecule has 204 valence electrons. The van der Waals surface area contributed by atoms with Crippen LogP contribution < -0.4 is 5.32 Å². The number of carbonyl (C=O) groups excluding carboxylic acids is 1. The van der Waals surface area contributed by atoms with Crippen LogP contribution in [0.1, 0.15) is 47.2 Å². The Bertz CT molecular complexity index is 1620. The van der Waals surface area contributed by atoms with Crippen LogP contribution in [-0.2, 0) is 13.0 Å². The third-order valence-electron chi connectivity index (χ3n) is 7.78. The number of nitrogens with zero attached hydrogens (tertiary/aromatic N) is 6. The molecule has 0 atom stereocenters. The number of hydrogen-bond donors (Lipinski definition) is 3. The Morgan fingerprint density at radius 2 is 1.93 bits per heavy atom. The summed E-state index contributed by atoms with van der Waals surface area (Å²) in [4.78, 5) is 36.1. The number of pyridine rings is 1. The Kier molecular flexibility index (Phi) is 7.33. The minimum Gasteiger partial charge on any atom is -0.337 e. The van der Waals surface area contributed by atoms with Gasteiger partial charge in [0.15, 0.2) is 5.82 Å². The van der Waals surface area contributed by atoms with Gasteiger partial charge in [-0.1, -0.05) is 13.0 Å². The fourth-order valence-corrected chi connectivity index (χ4v) is 5.41. The first kappa shape index (κ1) is 25.8. The molecule has 10 nitrogen and oxygen atoms in total. The molecule has 1 aliphatic rings. The molecule has 5 aromatic rings. The number of rotatable bonds is 8. The van der Waals surface area contributed by atoms with Crippen molar-refractivity contribution >= 4 is 16.8 Å². The van der Waals surface area contributed by atoms with Gasteiger partial charge in [0, 0.05) is 61.8 Å². The van der Waals surface area contributed by atoms with E-state index in [1.54, 1.807) is 18.6 Å². The number of carbonyl (C=O) groups is 1. The second-order valence-corrected chi connectivity index (χ2v) is 10.3. The van der Waals surface area contributed by atoms with Gasteiger partial charge >= 0.3 is 0 Å². The molecule has 3 N–H and O–H groups in total. The van der Waals surface area contributed by atoms with Gasteiger partial charge in [-0.25, -0.2) is 15.0 Å². The number of benzene rings is 1. The van der Waals surface area contributed by atoms with E-state index >= 15 is 0 Å². The van der Waals surface area contributed by atoms with Crippen molar-refractivity contribution in [1.82, 2.24) is 45.3 Å². The summed E-state index contributed by atoms with van der Waals surface area (Å²) in [6, 6.07) is 8.05. The molecule has 1 amide bonds. The van der Waals surface area contributed by atoms with Gasteiger partial charge < -0.3 is 15.2 Å². The molecule has 1 fully saturated rings. The number of likely N-dealkylation sites (tertiary alicyclic amines) is 1. The maximum absolute atomic E-state index is 13.3. The predicted octanol–water partition coefficient (Wildman–Crippen LogP) is 4.32. The average Bonchev–Trinajstić information content (AvgIpc) is 3.64. The maximum Gasteiger partial charge on any atom is 0.271 e. The zero-order valence-electron chi connectivity index (χ0n) is 22.8. The lowest BCUT2D eigenvalue weighted by Gasteiger charge is -2.31. The van der Waals surface area contributed by atoms with Crippen LogP contribution in [0, 0.1) is 12.8 Å². The number of aromatic amines is 2. The Morgan fingerprint density at radius 3 is 2.73 bits per heavy atom. The van der Waals surface area contributed by atoms with Crippen LogP contribution in [0.25, 0.3) is 33.5 Å². The van der Waals surface area contributed by atoms with Crippen molar-refractivity contribution in [2.24, 2.45) is 5.92 Å². The molecule has 0 bridgehead atoms. The summed E-state index contributed by atoms with van der Waals surface area (Å²) in [5.74, 6) is 1.88. The fraction of sp³-hybridized carbons (Fsp3) is 0.333. The highest BCUT2D eigenvalue weighted by Gasteiger charge is 2.26. The normalized spacial score (nSPS) is 14.2. The molecule has 0 aliphatic carbocycles. The first-order valence-corrected chi connectivity index (χ1v) is 13.8. The molecule has 5 heterocycles. The van der Waals surface area contributed by atoms with E-state index in [9.17, 15) is 4.79 Å². The molecule has 0 radical (unpaired) electrons. The van der Waals surface area contributed by atoms with Gasteiger partial charge in [0.1, 0.15) is 17.2 Å². The molecule has 1 aromatic carbocycles. The Morgan fingerprint density at radius 1 is 1.10 bits per heavy atom. The molecule has 40 heavy (non-hydrogen) atoms. The Labute approximate surface area is 232 Å². The Hall–Kier alpha value is -4.44. The predicted molar refractivity (Wildman–Crippen MR) is 153 cm³/mol. The van der Waals surface area contributed by atoms with Crippen molar-refractivity contribution < 1.29 is 4.79 Å². The van der Waals surface area contributed by atoms with E-state index < -0.39 is 0 Å². The van der Waals surface area contributed by atoms with Gasteiger partial charge in [-0.05, 0) is 67.1 Å². The van der Waals surface area contributed by atoms with Crippen LogP contribution in [0.2, 0.25) is 0 Å². The zero-order chi connectivity index (χ0) is 27.5. The molecule has 0 unspecified atom stereocenters. The van der Waals surface area contributed by atoms with Crippen molar-refractivity contribution in [2.75, 3.05) is 19.6 Å².